The highest BCUT2D eigenvalue weighted by atomic mass is 16.5. The molecule has 0 saturated carbocycles. The minimum atomic E-state index is -1.49. The van der Waals surface area contributed by atoms with Crippen LogP contribution in [-0.4, -0.2) is 36.9 Å². The highest BCUT2D eigenvalue weighted by Crippen LogP contribution is 2.32. The lowest BCUT2D eigenvalue weighted by molar-refractivity contribution is -0.172. The second kappa shape index (κ2) is 7.27. The van der Waals surface area contributed by atoms with E-state index in [2.05, 4.69) is 0 Å². The summed E-state index contributed by atoms with van der Waals surface area (Å²) in [6.45, 7) is 5.43. The van der Waals surface area contributed by atoms with E-state index in [1.807, 2.05) is 6.92 Å². The quantitative estimate of drug-likeness (QED) is 0.522. The van der Waals surface area contributed by atoms with Crippen molar-refractivity contribution in [3.63, 3.8) is 0 Å². The van der Waals surface area contributed by atoms with Crippen LogP contribution in [-0.2, 0) is 19.1 Å². The zero-order valence-corrected chi connectivity index (χ0v) is 11.0. The number of carbonyl (C=O) groups is 2. The molecule has 0 spiro atoms. The minimum Gasteiger partial charge on any atom is -0.480 e. The molecule has 0 aliphatic rings. The fourth-order valence-electron chi connectivity index (χ4n) is 1.84. The van der Waals surface area contributed by atoms with Crippen molar-refractivity contribution < 1.29 is 24.2 Å². The summed E-state index contributed by atoms with van der Waals surface area (Å²) in [5.41, 5.74) is -1.49. The number of hydrogen-bond acceptors (Lipinski definition) is 4. The van der Waals surface area contributed by atoms with Gasteiger partial charge >= 0.3 is 11.9 Å². The number of aliphatic carboxylic acids is 1. The molecular formula is C12H22O5. The Morgan fingerprint density at radius 1 is 1.35 bits per heavy atom. The summed E-state index contributed by atoms with van der Waals surface area (Å²) >= 11 is 0. The topological polar surface area (TPSA) is 72.8 Å². The summed E-state index contributed by atoms with van der Waals surface area (Å²) in [6, 6.07) is 0. The molecule has 0 aromatic heterocycles. The first-order valence-corrected chi connectivity index (χ1v) is 5.88. The molecule has 0 aromatic rings. The molecule has 0 aliphatic heterocycles. The van der Waals surface area contributed by atoms with Gasteiger partial charge in [-0.1, -0.05) is 13.3 Å². The van der Waals surface area contributed by atoms with E-state index in [-0.39, 0.29) is 25.6 Å². The Labute approximate surface area is 102 Å². The van der Waals surface area contributed by atoms with Crippen LogP contribution in [0.15, 0.2) is 0 Å². The average Bonchev–Trinajstić information content (AvgIpc) is 2.28. The van der Waals surface area contributed by atoms with E-state index < -0.39 is 17.4 Å². The van der Waals surface area contributed by atoms with Gasteiger partial charge in [-0.25, -0.2) is 0 Å². The van der Waals surface area contributed by atoms with Gasteiger partial charge in [-0.2, -0.15) is 0 Å². The molecule has 100 valence electrons. The van der Waals surface area contributed by atoms with Gasteiger partial charge in [-0.3, -0.25) is 9.59 Å². The Morgan fingerprint density at radius 3 is 2.29 bits per heavy atom. The smallest absolute Gasteiger partial charge is 0.323 e. The molecule has 2 unspecified atom stereocenters. The van der Waals surface area contributed by atoms with Crippen molar-refractivity contribution >= 4 is 11.9 Å². The van der Waals surface area contributed by atoms with Crippen LogP contribution in [0, 0.1) is 5.41 Å². The van der Waals surface area contributed by atoms with Crippen molar-refractivity contribution in [3.05, 3.63) is 0 Å². The molecule has 0 heterocycles. The third-order valence-corrected chi connectivity index (χ3v) is 2.79. The van der Waals surface area contributed by atoms with Gasteiger partial charge in [0.2, 0.25) is 0 Å². The van der Waals surface area contributed by atoms with Crippen molar-refractivity contribution in [2.24, 2.45) is 5.41 Å². The normalized spacial score (nSPS) is 16.0. The first-order chi connectivity index (χ1) is 7.94. The van der Waals surface area contributed by atoms with Gasteiger partial charge in [-0.05, 0) is 20.3 Å². The van der Waals surface area contributed by atoms with E-state index in [0.29, 0.717) is 6.42 Å². The second-order valence-electron chi connectivity index (χ2n) is 4.11. The maximum Gasteiger partial charge on any atom is 0.323 e. The van der Waals surface area contributed by atoms with Crippen LogP contribution in [0.2, 0.25) is 0 Å². The lowest BCUT2D eigenvalue weighted by Gasteiger charge is -2.28. The van der Waals surface area contributed by atoms with E-state index >= 15 is 0 Å². The van der Waals surface area contributed by atoms with Crippen molar-refractivity contribution in [1.29, 1.82) is 0 Å². The van der Waals surface area contributed by atoms with Crippen LogP contribution in [0.3, 0.4) is 0 Å². The number of carbonyl (C=O) groups excluding carboxylic acids is 1. The molecule has 0 amide bonds. The van der Waals surface area contributed by atoms with Crippen molar-refractivity contribution in [1.82, 2.24) is 0 Å². The number of carboxylic acids is 1. The molecule has 17 heavy (non-hydrogen) atoms. The minimum absolute atomic E-state index is 0.130. The standard InChI is InChI=1S/C12H22O5/c1-5-7-12(10(13)14,8-9(3)16-4)11(15)17-6-2/h9H,5-8H2,1-4H3,(H,13,14). The van der Waals surface area contributed by atoms with Crippen LogP contribution in [0.5, 0.6) is 0 Å². The van der Waals surface area contributed by atoms with Gasteiger partial charge in [0.25, 0.3) is 0 Å². The molecule has 0 radical (unpaired) electrons. The van der Waals surface area contributed by atoms with Crippen molar-refractivity contribution in [2.75, 3.05) is 13.7 Å². The summed E-state index contributed by atoms with van der Waals surface area (Å²) in [4.78, 5) is 23.3. The number of methoxy groups -OCH3 is 1. The largest absolute Gasteiger partial charge is 0.480 e. The molecule has 0 bridgehead atoms. The molecule has 0 rings (SSSR count). The number of esters is 1. The van der Waals surface area contributed by atoms with Crippen molar-refractivity contribution in [2.45, 2.75) is 46.1 Å². The van der Waals surface area contributed by atoms with Crippen LogP contribution < -0.4 is 0 Å². The van der Waals surface area contributed by atoms with Crippen LogP contribution >= 0.6 is 0 Å². The van der Waals surface area contributed by atoms with Gasteiger partial charge < -0.3 is 14.6 Å². The molecule has 0 aromatic carbocycles. The zero-order valence-electron chi connectivity index (χ0n) is 11.0. The van der Waals surface area contributed by atoms with Crippen LogP contribution in [0.25, 0.3) is 0 Å². The number of hydrogen-bond donors (Lipinski definition) is 1. The molecule has 0 fully saturated rings. The van der Waals surface area contributed by atoms with E-state index in [9.17, 15) is 14.7 Å². The van der Waals surface area contributed by atoms with Gasteiger partial charge in [0.15, 0.2) is 5.41 Å². The van der Waals surface area contributed by atoms with E-state index in [1.165, 1.54) is 7.11 Å². The van der Waals surface area contributed by atoms with E-state index in [0.717, 1.165) is 0 Å². The molecule has 0 aliphatic carbocycles. The number of carboxylic acid groups (broad SMARTS) is 1. The summed E-state index contributed by atoms with van der Waals surface area (Å²) < 4.78 is 9.95. The predicted molar refractivity (Wildman–Crippen MR) is 62.7 cm³/mol. The summed E-state index contributed by atoms with van der Waals surface area (Å²) in [6.07, 6.45) is 0.684. The highest BCUT2D eigenvalue weighted by Gasteiger charge is 2.47. The Balaban J connectivity index is 5.11. The van der Waals surface area contributed by atoms with Crippen LogP contribution in [0.1, 0.15) is 40.0 Å². The Morgan fingerprint density at radius 2 is 1.94 bits per heavy atom. The molecule has 0 saturated heterocycles. The van der Waals surface area contributed by atoms with Gasteiger partial charge in [0, 0.05) is 13.5 Å². The fourth-order valence-corrected chi connectivity index (χ4v) is 1.84. The Kier molecular flexibility index (Phi) is 6.80. The van der Waals surface area contributed by atoms with E-state index in [1.54, 1.807) is 13.8 Å². The Hall–Kier alpha value is -1.10. The fraction of sp³-hybridized carbons (Fsp3) is 0.833. The number of rotatable bonds is 8. The van der Waals surface area contributed by atoms with Crippen LogP contribution in [0.4, 0.5) is 0 Å². The van der Waals surface area contributed by atoms with Gasteiger partial charge in [-0.15, -0.1) is 0 Å². The zero-order chi connectivity index (χ0) is 13.5. The molecule has 5 heteroatoms. The van der Waals surface area contributed by atoms with Crippen molar-refractivity contribution in [3.8, 4) is 0 Å². The number of ether oxygens (including phenoxy) is 2. The highest BCUT2D eigenvalue weighted by molar-refractivity contribution is 5.99. The van der Waals surface area contributed by atoms with E-state index in [4.69, 9.17) is 9.47 Å². The maximum absolute atomic E-state index is 11.9. The predicted octanol–water partition coefficient (Wildman–Crippen LogP) is 1.85. The molecule has 5 nitrogen and oxygen atoms in total. The Bertz CT molecular complexity index is 264. The lowest BCUT2D eigenvalue weighted by Crippen LogP contribution is -2.43. The SMILES string of the molecule is CCCC(CC(C)OC)(C(=O)O)C(=O)OCC. The third kappa shape index (κ3) is 4.00. The first kappa shape index (κ1) is 15.9. The summed E-state index contributed by atoms with van der Waals surface area (Å²) in [7, 11) is 1.49. The molecule has 2 atom stereocenters. The third-order valence-electron chi connectivity index (χ3n) is 2.79. The summed E-state index contributed by atoms with van der Waals surface area (Å²) in [5, 5.41) is 9.34. The first-order valence-electron chi connectivity index (χ1n) is 5.88. The second-order valence-corrected chi connectivity index (χ2v) is 4.11. The lowest BCUT2D eigenvalue weighted by atomic mass is 9.78. The van der Waals surface area contributed by atoms with Gasteiger partial charge in [0.1, 0.15) is 0 Å². The summed E-state index contributed by atoms with van der Waals surface area (Å²) in [5.74, 6) is -1.81. The average molecular weight is 246 g/mol. The van der Waals surface area contributed by atoms with Gasteiger partial charge in [0.05, 0.1) is 12.7 Å². The maximum atomic E-state index is 11.9. The molecule has 1 N–H and O–H groups in total. The molecular weight excluding hydrogens is 224 g/mol. The monoisotopic (exact) mass is 246 g/mol.